The van der Waals surface area contributed by atoms with Crippen LogP contribution in [0.3, 0.4) is 0 Å². The topological polar surface area (TPSA) is 88.5 Å². The first-order valence-corrected chi connectivity index (χ1v) is 6.55. The number of amides is 1. The van der Waals surface area contributed by atoms with Crippen molar-refractivity contribution in [3.63, 3.8) is 0 Å². The minimum Gasteiger partial charge on any atom is -0.480 e. The largest absolute Gasteiger partial charge is 0.480 e. The van der Waals surface area contributed by atoms with E-state index >= 15 is 0 Å². The Morgan fingerprint density at radius 3 is 2.55 bits per heavy atom. The molecule has 0 saturated heterocycles. The minimum absolute atomic E-state index is 0.0180. The van der Waals surface area contributed by atoms with Crippen LogP contribution in [0.1, 0.15) is 32.2 Å². The zero-order chi connectivity index (χ0) is 15.1. The molecule has 0 bridgehead atoms. The maximum absolute atomic E-state index is 11.6. The first-order chi connectivity index (χ1) is 9.43. The minimum atomic E-state index is -1.08. The van der Waals surface area contributed by atoms with Crippen molar-refractivity contribution in [2.75, 3.05) is 0 Å². The van der Waals surface area contributed by atoms with Crippen LogP contribution in [0, 0.1) is 5.92 Å². The van der Waals surface area contributed by atoms with Crippen molar-refractivity contribution >= 4 is 12.1 Å². The van der Waals surface area contributed by atoms with Gasteiger partial charge in [0.25, 0.3) is 0 Å². The Morgan fingerprint density at radius 2 is 2.00 bits per heavy atom. The van der Waals surface area contributed by atoms with E-state index in [0.29, 0.717) is 5.69 Å². The number of aryl methyl sites for hydroxylation is 1. The fourth-order valence-electron chi connectivity index (χ4n) is 1.63. The van der Waals surface area contributed by atoms with Crippen molar-refractivity contribution in [2.24, 2.45) is 5.92 Å². The van der Waals surface area contributed by atoms with Crippen LogP contribution in [-0.2, 0) is 22.6 Å². The first kappa shape index (κ1) is 15.9. The molecule has 1 aromatic heterocycles. The number of hydrogen-bond donors (Lipinski definition) is 2. The molecule has 0 aromatic carbocycles. The van der Waals surface area contributed by atoms with Gasteiger partial charge in [-0.25, -0.2) is 9.59 Å². The standard InChI is InChI=1S/C14H20N2O4/c1-4-10-6-5-7-11(15-10)8-20-14(19)16-12(9(2)3)13(17)18/h5-7,9,12H,4,8H2,1-3H3,(H,16,19)(H,17,18)/t12-/m0/s1. The van der Waals surface area contributed by atoms with Crippen molar-refractivity contribution in [3.8, 4) is 0 Å². The number of rotatable bonds is 6. The lowest BCUT2D eigenvalue weighted by molar-refractivity contribution is -0.140. The third-order valence-electron chi connectivity index (χ3n) is 2.78. The summed E-state index contributed by atoms with van der Waals surface area (Å²) in [7, 11) is 0. The predicted octanol–water partition coefficient (Wildman–Crippen LogP) is 1.98. The highest BCUT2D eigenvalue weighted by molar-refractivity contribution is 5.80. The van der Waals surface area contributed by atoms with Crippen molar-refractivity contribution in [1.82, 2.24) is 10.3 Å². The van der Waals surface area contributed by atoms with E-state index in [2.05, 4.69) is 10.3 Å². The van der Waals surface area contributed by atoms with Crippen LogP contribution in [0.4, 0.5) is 4.79 Å². The number of carboxylic acids is 1. The van der Waals surface area contributed by atoms with Gasteiger partial charge >= 0.3 is 12.1 Å². The maximum atomic E-state index is 11.6. The summed E-state index contributed by atoms with van der Waals surface area (Å²) in [5, 5.41) is 11.3. The highest BCUT2D eigenvalue weighted by Crippen LogP contribution is 2.04. The molecule has 0 radical (unpaired) electrons. The monoisotopic (exact) mass is 280 g/mol. The molecule has 20 heavy (non-hydrogen) atoms. The molecular formula is C14H20N2O4. The number of carbonyl (C=O) groups is 2. The molecule has 1 amide bonds. The quantitative estimate of drug-likeness (QED) is 0.831. The Balaban J connectivity index is 2.52. The number of aliphatic carboxylic acids is 1. The van der Waals surface area contributed by atoms with Crippen LogP contribution in [0.5, 0.6) is 0 Å². The van der Waals surface area contributed by atoms with Crippen LogP contribution in [0.15, 0.2) is 18.2 Å². The van der Waals surface area contributed by atoms with Crippen LogP contribution < -0.4 is 5.32 Å². The molecule has 0 fully saturated rings. The third kappa shape index (κ3) is 4.87. The van der Waals surface area contributed by atoms with Crippen LogP contribution in [0.2, 0.25) is 0 Å². The van der Waals surface area contributed by atoms with Gasteiger partial charge in [-0.3, -0.25) is 4.98 Å². The molecule has 0 spiro atoms. The lowest BCUT2D eigenvalue weighted by atomic mass is 10.1. The summed E-state index contributed by atoms with van der Waals surface area (Å²) in [6.07, 6.45) is 0.0453. The van der Waals surface area contributed by atoms with Gasteiger partial charge in [0.15, 0.2) is 0 Å². The zero-order valence-electron chi connectivity index (χ0n) is 11.9. The summed E-state index contributed by atoms with van der Waals surface area (Å²) in [4.78, 5) is 26.8. The molecule has 110 valence electrons. The molecule has 0 saturated carbocycles. The molecule has 1 heterocycles. The lowest BCUT2D eigenvalue weighted by Gasteiger charge is -2.17. The van der Waals surface area contributed by atoms with Gasteiger partial charge in [-0.15, -0.1) is 0 Å². The second-order valence-corrected chi connectivity index (χ2v) is 4.75. The van der Waals surface area contributed by atoms with Crippen LogP contribution in [0.25, 0.3) is 0 Å². The van der Waals surface area contributed by atoms with Gasteiger partial charge in [0, 0.05) is 5.69 Å². The lowest BCUT2D eigenvalue weighted by Crippen LogP contribution is -2.44. The van der Waals surface area contributed by atoms with Gasteiger partial charge in [0.05, 0.1) is 5.69 Å². The van der Waals surface area contributed by atoms with E-state index in [-0.39, 0.29) is 12.5 Å². The fraction of sp³-hybridized carbons (Fsp3) is 0.500. The van der Waals surface area contributed by atoms with Gasteiger partial charge < -0.3 is 15.2 Å². The van der Waals surface area contributed by atoms with E-state index in [4.69, 9.17) is 9.84 Å². The normalized spacial score (nSPS) is 12.0. The van der Waals surface area contributed by atoms with E-state index < -0.39 is 18.1 Å². The Kier molecular flexibility index (Phi) is 5.96. The molecule has 6 nitrogen and oxygen atoms in total. The number of pyridine rings is 1. The molecule has 1 aromatic rings. The Bertz CT molecular complexity index is 474. The predicted molar refractivity (Wildman–Crippen MR) is 73.2 cm³/mol. The Labute approximate surface area is 118 Å². The Hall–Kier alpha value is -2.11. The number of ether oxygens (including phenoxy) is 1. The summed E-state index contributed by atoms with van der Waals surface area (Å²) in [5.41, 5.74) is 1.55. The SMILES string of the molecule is CCc1cccc(COC(=O)N[C@H](C(=O)O)C(C)C)n1. The molecular weight excluding hydrogens is 260 g/mol. The molecule has 0 aliphatic rings. The average molecular weight is 280 g/mol. The number of nitrogens with zero attached hydrogens (tertiary/aromatic N) is 1. The second-order valence-electron chi connectivity index (χ2n) is 4.75. The molecule has 0 aliphatic carbocycles. The van der Waals surface area contributed by atoms with Gasteiger partial charge in [-0.1, -0.05) is 26.8 Å². The summed E-state index contributed by atoms with van der Waals surface area (Å²) in [6, 6.07) is 4.53. The zero-order valence-corrected chi connectivity index (χ0v) is 11.9. The van der Waals surface area contributed by atoms with E-state index in [1.54, 1.807) is 19.9 Å². The number of hydrogen-bond acceptors (Lipinski definition) is 4. The van der Waals surface area contributed by atoms with Crippen molar-refractivity contribution < 1.29 is 19.4 Å². The van der Waals surface area contributed by atoms with Gasteiger partial charge in [0.2, 0.25) is 0 Å². The van der Waals surface area contributed by atoms with Crippen LogP contribution in [-0.4, -0.2) is 28.2 Å². The van der Waals surface area contributed by atoms with E-state index in [1.165, 1.54) is 0 Å². The average Bonchev–Trinajstić information content (AvgIpc) is 2.42. The van der Waals surface area contributed by atoms with Gasteiger partial charge in [0.1, 0.15) is 12.6 Å². The summed E-state index contributed by atoms with van der Waals surface area (Å²) < 4.78 is 4.98. The highest BCUT2D eigenvalue weighted by atomic mass is 16.5. The molecule has 1 atom stereocenters. The van der Waals surface area contributed by atoms with Crippen molar-refractivity contribution in [1.29, 1.82) is 0 Å². The summed E-state index contributed by atoms with van der Waals surface area (Å²) in [6.45, 7) is 5.43. The number of carboxylic acid groups (broad SMARTS) is 1. The number of alkyl carbamates (subject to hydrolysis) is 1. The number of aromatic nitrogens is 1. The first-order valence-electron chi connectivity index (χ1n) is 6.55. The molecule has 6 heteroatoms. The second kappa shape index (κ2) is 7.47. The van der Waals surface area contributed by atoms with E-state index in [1.807, 2.05) is 19.1 Å². The summed E-state index contributed by atoms with van der Waals surface area (Å²) in [5.74, 6) is -1.30. The molecule has 2 N–H and O–H groups in total. The Morgan fingerprint density at radius 1 is 1.35 bits per heavy atom. The van der Waals surface area contributed by atoms with Crippen molar-refractivity contribution in [2.45, 2.75) is 39.8 Å². The number of carbonyl (C=O) groups excluding carboxylic acids is 1. The maximum Gasteiger partial charge on any atom is 0.408 e. The molecule has 0 aliphatic heterocycles. The fourth-order valence-corrected chi connectivity index (χ4v) is 1.63. The van der Waals surface area contributed by atoms with Gasteiger partial charge in [-0.2, -0.15) is 0 Å². The highest BCUT2D eigenvalue weighted by Gasteiger charge is 2.24. The molecule has 0 unspecified atom stereocenters. The van der Waals surface area contributed by atoms with E-state index in [9.17, 15) is 9.59 Å². The van der Waals surface area contributed by atoms with E-state index in [0.717, 1.165) is 12.1 Å². The smallest absolute Gasteiger partial charge is 0.408 e. The number of nitrogens with one attached hydrogen (secondary N) is 1. The van der Waals surface area contributed by atoms with Crippen LogP contribution >= 0.6 is 0 Å². The van der Waals surface area contributed by atoms with Gasteiger partial charge in [-0.05, 0) is 24.5 Å². The van der Waals surface area contributed by atoms with Crippen molar-refractivity contribution in [3.05, 3.63) is 29.6 Å². The third-order valence-corrected chi connectivity index (χ3v) is 2.78. The summed E-state index contributed by atoms with van der Waals surface area (Å²) >= 11 is 0. The molecule has 1 rings (SSSR count).